The molecule has 0 aliphatic rings. The Morgan fingerprint density at radius 3 is 2.41 bits per heavy atom. The Morgan fingerprint density at radius 2 is 1.82 bits per heavy atom. The average Bonchev–Trinajstić information content (AvgIpc) is 2.49. The van der Waals surface area contributed by atoms with Crippen molar-refractivity contribution in [2.45, 2.75) is 40.2 Å². The van der Waals surface area contributed by atoms with E-state index in [-0.39, 0.29) is 11.8 Å². The Balaban J connectivity index is 2.59. The summed E-state index contributed by atoms with van der Waals surface area (Å²) in [4.78, 5) is 11.8. The molecule has 0 saturated carbocycles. The Hall–Kier alpha value is -1.75. The van der Waals surface area contributed by atoms with E-state index in [1.54, 1.807) is 0 Å². The number of hydrogen-bond donors (Lipinski definition) is 2. The van der Waals surface area contributed by atoms with Gasteiger partial charge in [-0.05, 0) is 43.9 Å². The van der Waals surface area contributed by atoms with Crippen LogP contribution < -0.4 is 20.5 Å². The molecule has 124 valence electrons. The topological polar surface area (TPSA) is 73.6 Å². The summed E-state index contributed by atoms with van der Waals surface area (Å²) in [6.45, 7) is 9.49. The maximum atomic E-state index is 11.8. The van der Waals surface area contributed by atoms with E-state index < -0.39 is 6.04 Å². The molecule has 5 heteroatoms. The number of carbonyl (C=O) groups is 1. The first kappa shape index (κ1) is 18.3. The molecule has 1 rings (SSSR count). The molecule has 0 aromatic heterocycles. The van der Waals surface area contributed by atoms with E-state index in [4.69, 9.17) is 15.2 Å². The van der Waals surface area contributed by atoms with Crippen molar-refractivity contribution in [1.82, 2.24) is 5.32 Å². The molecule has 0 heterocycles. The van der Waals surface area contributed by atoms with E-state index in [0.29, 0.717) is 19.8 Å². The molecule has 22 heavy (non-hydrogen) atoms. The summed E-state index contributed by atoms with van der Waals surface area (Å²) in [5, 5.41) is 2.87. The lowest BCUT2D eigenvalue weighted by Crippen LogP contribution is -2.44. The second kappa shape index (κ2) is 9.30. The van der Waals surface area contributed by atoms with Crippen LogP contribution in [-0.4, -0.2) is 31.7 Å². The number of hydrogen-bond acceptors (Lipinski definition) is 4. The minimum atomic E-state index is -0.459. The fourth-order valence-corrected chi connectivity index (χ4v) is 2.00. The highest BCUT2D eigenvalue weighted by atomic mass is 16.5. The number of benzene rings is 1. The fraction of sp³-hybridized carbons (Fsp3) is 0.588. The molecule has 1 amide bonds. The van der Waals surface area contributed by atoms with Crippen molar-refractivity contribution in [3.05, 3.63) is 23.8 Å². The Bertz CT molecular complexity index is 475. The van der Waals surface area contributed by atoms with Crippen molar-refractivity contribution in [2.75, 3.05) is 19.8 Å². The van der Waals surface area contributed by atoms with E-state index in [2.05, 4.69) is 5.32 Å². The van der Waals surface area contributed by atoms with Crippen molar-refractivity contribution in [1.29, 1.82) is 0 Å². The number of amides is 1. The van der Waals surface area contributed by atoms with Gasteiger partial charge in [0.1, 0.15) is 0 Å². The van der Waals surface area contributed by atoms with Gasteiger partial charge in [-0.25, -0.2) is 0 Å². The van der Waals surface area contributed by atoms with Gasteiger partial charge in [0.2, 0.25) is 5.91 Å². The third kappa shape index (κ3) is 5.56. The van der Waals surface area contributed by atoms with Crippen molar-refractivity contribution < 1.29 is 14.3 Å². The van der Waals surface area contributed by atoms with E-state index in [1.807, 2.05) is 45.9 Å². The Morgan fingerprint density at radius 1 is 1.18 bits per heavy atom. The number of nitrogens with one attached hydrogen (secondary N) is 1. The fourth-order valence-electron chi connectivity index (χ4n) is 2.00. The van der Waals surface area contributed by atoms with Crippen molar-refractivity contribution in [2.24, 2.45) is 11.7 Å². The van der Waals surface area contributed by atoms with Gasteiger partial charge in [-0.3, -0.25) is 4.79 Å². The molecular formula is C17H28N2O3. The summed E-state index contributed by atoms with van der Waals surface area (Å²) in [7, 11) is 0. The largest absolute Gasteiger partial charge is 0.490 e. The van der Waals surface area contributed by atoms with E-state index >= 15 is 0 Å². The predicted octanol–water partition coefficient (Wildman–Crippen LogP) is 2.13. The van der Waals surface area contributed by atoms with Crippen LogP contribution >= 0.6 is 0 Å². The summed E-state index contributed by atoms with van der Waals surface area (Å²) >= 11 is 0. The molecule has 0 unspecified atom stereocenters. The van der Waals surface area contributed by atoms with Gasteiger partial charge in [0, 0.05) is 6.54 Å². The summed E-state index contributed by atoms with van der Waals surface area (Å²) in [5.74, 6) is 1.52. The summed E-state index contributed by atoms with van der Waals surface area (Å²) in [6.07, 6.45) is 0.725. The van der Waals surface area contributed by atoms with E-state index in [0.717, 1.165) is 23.5 Å². The number of nitrogens with two attached hydrogens (primary N) is 1. The lowest BCUT2D eigenvalue weighted by Gasteiger charge is -2.16. The van der Waals surface area contributed by atoms with Gasteiger partial charge in [0.05, 0.1) is 19.3 Å². The van der Waals surface area contributed by atoms with Crippen LogP contribution in [0.4, 0.5) is 0 Å². The highest BCUT2D eigenvalue weighted by Crippen LogP contribution is 2.28. The molecule has 1 atom stereocenters. The van der Waals surface area contributed by atoms with Crippen LogP contribution in [0.2, 0.25) is 0 Å². The molecule has 0 bridgehead atoms. The average molecular weight is 308 g/mol. The van der Waals surface area contributed by atoms with Crippen LogP contribution in [0.5, 0.6) is 11.5 Å². The maximum Gasteiger partial charge on any atom is 0.237 e. The highest BCUT2D eigenvalue weighted by molar-refractivity contribution is 5.81. The Labute approximate surface area is 133 Å². The number of rotatable bonds is 9. The minimum Gasteiger partial charge on any atom is -0.490 e. The number of carbonyl (C=O) groups excluding carboxylic acids is 1. The molecule has 0 saturated heterocycles. The first-order valence-corrected chi connectivity index (χ1v) is 7.91. The van der Waals surface area contributed by atoms with Crippen LogP contribution in [0.15, 0.2) is 18.2 Å². The first-order chi connectivity index (χ1) is 10.5. The molecular weight excluding hydrogens is 280 g/mol. The second-order valence-electron chi connectivity index (χ2n) is 5.46. The highest BCUT2D eigenvalue weighted by Gasteiger charge is 2.16. The monoisotopic (exact) mass is 308 g/mol. The zero-order valence-electron chi connectivity index (χ0n) is 14.0. The molecule has 0 spiro atoms. The summed E-state index contributed by atoms with van der Waals surface area (Å²) < 4.78 is 11.1. The SMILES string of the molecule is CCOc1ccc(CCNC(=O)[C@H](N)C(C)C)cc1OCC. The lowest BCUT2D eigenvalue weighted by molar-refractivity contribution is -0.123. The van der Waals surface area contributed by atoms with Gasteiger partial charge in [-0.1, -0.05) is 19.9 Å². The van der Waals surface area contributed by atoms with Crippen molar-refractivity contribution in [3.8, 4) is 11.5 Å². The zero-order valence-corrected chi connectivity index (χ0v) is 14.0. The third-order valence-electron chi connectivity index (χ3n) is 3.34. The van der Waals surface area contributed by atoms with Gasteiger partial charge >= 0.3 is 0 Å². The smallest absolute Gasteiger partial charge is 0.237 e. The lowest BCUT2D eigenvalue weighted by atomic mass is 10.0. The molecule has 0 aliphatic carbocycles. The molecule has 3 N–H and O–H groups in total. The molecule has 0 radical (unpaired) electrons. The summed E-state index contributed by atoms with van der Waals surface area (Å²) in [5.41, 5.74) is 6.90. The van der Waals surface area contributed by atoms with Crippen LogP contribution in [-0.2, 0) is 11.2 Å². The van der Waals surface area contributed by atoms with Gasteiger partial charge in [-0.15, -0.1) is 0 Å². The van der Waals surface area contributed by atoms with Gasteiger partial charge in [0.15, 0.2) is 11.5 Å². The maximum absolute atomic E-state index is 11.8. The van der Waals surface area contributed by atoms with E-state index in [1.165, 1.54) is 0 Å². The van der Waals surface area contributed by atoms with E-state index in [9.17, 15) is 4.79 Å². The second-order valence-corrected chi connectivity index (χ2v) is 5.46. The molecule has 5 nitrogen and oxygen atoms in total. The molecule has 0 fully saturated rings. The molecule has 1 aromatic carbocycles. The van der Waals surface area contributed by atoms with Gasteiger partial charge < -0.3 is 20.5 Å². The van der Waals surface area contributed by atoms with Crippen molar-refractivity contribution in [3.63, 3.8) is 0 Å². The predicted molar refractivity (Wildman–Crippen MR) is 88.3 cm³/mol. The Kier molecular flexibility index (Phi) is 7.74. The summed E-state index contributed by atoms with van der Waals surface area (Å²) in [6, 6.07) is 5.40. The zero-order chi connectivity index (χ0) is 16.5. The van der Waals surface area contributed by atoms with Crippen LogP contribution in [0.1, 0.15) is 33.3 Å². The van der Waals surface area contributed by atoms with Crippen molar-refractivity contribution >= 4 is 5.91 Å². The molecule has 0 aliphatic heterocycles. The van der Waals surface area contributed by atoms with Crippen LogP contribution in [0.3, 0.4) is 0 Å². The van der Waals surface area contributed by atoms with Gasteiger partial charge in [-0.2, -0.15) is 0 Å². The third-order valence-corrected chi connectivity index (χ3v) is 3.34. The van der Waals surface area contributed by atoms with Crippen LogP contribution in [0, 0.1) is 5.92 Å². The normalized spacial score (nSPS) is 12.1. The minimum absolute atomic E-state index is 0.106. The quantitative estimate of drug-likeness (QED) is 0.733. The first-order valence-electron chi connectivity index (χ1n) is 7.91. The standard InChI is InChI=1S/C17H28N2O3/c1-5-21-14-8-7-13(11-15(14)22-6-2)9-10-19-17(20)16(18)12(3)4/h7-8,11-12,16H,5-6,9-10,18H2,1-4H3,(H,19,20)/t16-/m1/s1. The number of ether oxygens (including phenoxy) is 2. The van der Waals surface area contributed by atoms with Gasteiger partial charge in [0.25, 0.3) is 0 Å². The molecule has 1 aromatic rings. The van der Waals surface area contributed by atoms with Crippen LogP contribution in [0.25, 0.3) is 0 Å².